The van der Waals surface area contributed by atoms with Gasteiger partial charge in [0.1, 0.15) is 17.5 Å². The molecule has 4 rings (SSSR count). The number of aromatic nitrogens is 1. The second kappa shape index (κ2) is 8.53. The SMILES string of the molecule is O=C(N[C@@H](Cc1c[nH]c2ccccc12)C(=O)O)c1ccccc1Oc1ccccc1. The van der Waals surface area contributed by atoms with Crippen LogP contribution < -0.4 is 10.1 Å². The number of aliphatic carboxylic acids is 1. The smallest absolute Gasteiger partial charge is 0.326 e. The Morgan fingerprint density at radius 3 is 2.43 bits per heavy atom. The minimum absolute atomic E-state index is 0.160. The van der Waals surface area contributed by atoms with Crippen molar-refractivity contribution in [2.45, 2.75) is 12.5 Å². The molecule has 0 aliphatic carbocycles. The number of aromatic amines is 1. The van der Waals surface area contributed by atoms with Crippen LogP contribution in [0.2, 0.25) is 0 Å². The number of carboxylic acid groups (broad SMARTS) is 1. The topological polar surface area (TPSA) is 91.4 Å². The first-order valence-corrected chi connectivity index (χ1v) is 9.52. The summed E-state index contributed by atoms with van der Waals surface area (Å²) in [5.74, 6) is -0.660. The van der Waals surface area contributed by atoms with Gasteiger partial charge in [-0.2, -0.15) is 0 Å². The van der Waals surface area contributed by atoms with E-state index in [2.05, 4.69) is 10.3 Å². The van der Waals surface area contributed by atoms with Crippen LogP contribution in [0.15, 0.2) is 85.1 Å². The highest BCUT2D eigenvalue weighted by atomic mass is 16.5. The highest BCUT2D eigenvalue weighted by Gasteiger charge is 2.24. The number of fused-ring (bicyclic) bond motifs is 1. The summed E-state index contributed by atoms with van der Waals surface area (Å²) < 4.78 is 5.82. The lowest BCUT2D eigenvalue weighted by Crippen LogP contribution is -2.42. The molecule has 6 heteroatoms. The van der Waals surface area contributed by atoms with E-state index in [1.807, 2.05) is 42.5 Å². The van der Waals surface area contributed by atoms with Gasteiger partial charge in [-0.1, -0.05) is 48.5 Å². The molecule has 150 valence electrons. The van der Waals surface area contributed by atoms with Crippen molar-refractivity contribution in [2.24, 2.45) is 0 Å². The van der Waals surface area contributed by atoms with E-state index in [1.165, 1.54) is 0 Å². The molecule has 1 atom stereocenters. The molecule has 0 aliphatic rings. The summed E-state index contributed by atoms with van der Waals surface area (Å²) in [6.45, 7) is 0. The van der Waals surface area contributed by atoms with Crippen molar-refractivity contribution < 1.29 is 19.4 Å². The summed E-state index contributed by atoms with van der Waals surface area (Å²) in [6.07, 6.45) is 1.94. The van der Waals surface area contributed by atoms with Gasteiger partial charge in [0.05, 0.1) is 5.56 Å². The lowest BCUT2D eigenvalue weighted by atomic mass is 10.0. The third kappa shape index (κ3) is 4.17. The van der Waals surface area contributed by atoms with E-state index in [0.29, 0.717) is 11.5 Å². The largest absolute Gasteiger partial charge is 0.480 e. The van der Waals surface area contributed by atoms with Gasteiger partial charge in [0.2, 0.25) is 0 Å². The van der Waals surface area contributed by atoms with Gasteiger partial charge in [-0.25, -0.2) is 4.79 Å². The van der Waals surface area contributed by atoms with E-state index in [-0.39, 0.29) is 12.0 Å². The first kappa shape index (κ1) is 19.3. The molecule has 1 aromatic heterocycles. The zero-order valence-corrected chi connectivity index (χ0v) is 16.0. The van der Waals surface area contributed by atoms with Crippen LogP contribution in [-0.4, -0.2) is 28.0 Å². The van der Waals surface area contributed by atoms with E-state index < -0.39 is 17.9 Å². The highest BCUT2D eigenvalue weighted by Crippen LogP contribution is 2.25. The molecular formula is C24H20N2O4. The van der Waals surface area contributed by atoms with Crippen LogP contribution in [0.1, 0.15) is 15.9 Å². The molecule has 1 amide bonds. The molecule has 4 aromatic rings. The lowest BCUT2D eigenvalue weighted by molar-refractivity contribution is -0.139. The van der Waals surface area contributed by atoms with Gasteiger partial charge in [0, 0.05) is 23.5 Å². The number of rotatable bonds is 7. The second-order valence-corrected chi connectivity index (χ2v) is 6.84. The fourth-order valence-electron chi connectivity index (χ4n) is 3.32. The third-order valence-electron chi connectivity index (χ3n) is 4.81. The number of ether oxygens (including phenoxy) is 1. The van der Waals surface area contributed by atoms with Crippen molar-refractivity contribution in [3.63, 3.8) is 0 Å². The predicted molar refractivity (Wildman–Crippen MR) is 114 cm³/mol. The maximum absolute atomic E-state index is 12.9. The number of carbonyl (C=O) groups is 2. The molecule has 3 aromatic carbocycles. The van der Waals surface area contributed by atoms with Gasteiger partial charge < -0.3 is 20.1 Å². The molecule has 0 bridgehead atoms. The Kier molecular flexibility index (Phi) is 5.48. The van der Waals surface area contributed by atoms with Gasteiger partial charge >= 0.3 is 5.97 Å². The Morgan fingerprint density at radius 2 is 1.63 bits per heavy atom. The molecule has 0 fully saturated rings. The first-order valence-electron chi connectivity index (χ1n) is 9.52. The zero-order valence-electron chi connectivity index (χ0n) is 16.0. The molecule has 0 saturated heterocycles. The zero-order chi connectivity index (χ0) is 20.9. The van der Waals surface area contributed by atoms with Crippen LogP contribution in [0.25, 0.3) is 10.9 Å². The van der Waals surface area contributed by atoms with Crippen molar-refractivity contribution in [1.29, 1.82) is 0 Å². The number of nitrogens with one attached hydrogen (secondary N) is 2. The van der Waals surface area contributed by atoms with E-state index in [1.54, 1.807) is 42.6 Å². The molecule has 0 unspecified atom stereocenters. The molecule has 1 heterocycles. The fourth-order valence-corrected chi connectivity index (χ4v) is 3.32. The van der Waals surface area contributed by atoms with Gasteiger partial charge in [-0.3, -0.25) is 4.79 Å². The van der Waals surface area contributed by atoms with Crippen LogP contribution in [0.4, 0.5) is 0 Å². The normalized spacial score (nSPS) is 11.7. The van der Waals surface area contributed by atoms with Crippen LogP contribution in [0, 0.1) is 0 Å². The number of carbonyl (C=O) groups excluding carboxylic acids is 1. The van der Waals surface area contributed by atoms with Crippen molar-refractivity contribution >= 4 is 22.8 Å². The summed E-state index contributed by atoms with van der Waals surface area (Å²) >= 11 is 0. The molecule has 0 spiro atoms. The molecule has 3 N–H and O–H groups in total. The average molecular weight is 400 g/mol. The third-order valence-corrected chi connectivity index (χ3v) is 4.81. The molecule has 0 saturated carbocycles. The van der Waals surface area contributed by atoms with Gasteiger partial charge in [-0.15, -0.1) is 0 Å². The Balaban J connectivity index is 1.55. The monoisotopic (exact) mass is 400 g/mol. The number of hydrogen-bond acceptors (Lipinski definition) is 3. The van der Waals surface area contributed by atoms with E-state index >= 15 is 0 Å². The average Bonchev–Trinajstić information content (AvgIpc) is 3.17. The maximum Gasteiger partial charge on any atom is 0.326 e. The summed E-state index contributed by atoms with van der Waals surface area (Å²) in [5.41, 5.74) is 2.02. The summed E-state index contributed by atoms with van der Waals surface area (Å²) in [4.78, 5) is 27.9. The maximum atomic E-state index is 12.9. The predicted octanol–water partition coefficient (Wildman–Crippen LogP) is 4.39. The molecule has 0 aliphatic heterocycles. The minimum atomic E-state index is -1.10. The number of para-hydroxylation sites is 3. The van der Waals surface area contributed by atoms with Crippen molar-refractivity contribution in [1.82, 2.24) is 10.3 Å². The van der Waals surface area contributed by atoms with Crippen LogP contribution in [-0.2, 0) is 11.2 Å². The second-order valence-electron chi connectivity index (χ2n) is 6.84. The fraction of sp³-hybridized carbons (Fsp3) is 0.0833. The van der Waals surface area contributed by atoms with Gasteiger partial charge in [-0.05, 0) is 35.9 Å². The molecule has 6 nitrogen and oxygen atoms in total. The summed E-state index contributed by atoms with van der Waals surface area (Å²) in [5, 5.41) is 13.3. The van der Waals surface area contributed by atoms with Crippen molar-refractivity contribution in [3.8, 4) is 11.5 Å². The lowest BCUT2D eigenvalue weighted by Gasteiger charge is -2.16. The van der Waals surface area contributed by atoms with Gasteiger partial charge in [0.25, 0.3) is 5.91 Å². The van der Waals surface area contributed by atoms with Crippen molar-refractivity contribution in [3.05, 3.63) is 96.2 Å². The number of amides is 1. The Labute approximate surface area is 173 Å². The highest BCUT2D eigenvalue weighted by molar-refractivity contribution is 5.99. The number of benzene rings is 3. The van der Waals surface area contributed by atoms with Crippen LogP contribution in [0.3, 0.4) is 0 Å². The number of hydrogen-bond donors (Lipinski definition) is 3. The quantitative estimate of drug-likeness (QED) is 0.429. The Morgan fingerprint density at radius 1 is 0.933 bits per heavy atom. The van der Waals surface area contributed by atoms with E-state index in [9.17, 15) is 14.7 Å². The summed E-state index contributed by atoms with van der Waals surface area (Å²) in [7, 11) is 0. The van der Waals surface area contributed by atoms with E-state index in [0.717, 1.165) is 16.5 Å². The summed E-state index contributed by atoms with van der Waals surface area (Å²) in [6, 6.07) is 22.4. The first-order chi connectivity index (χ1) is 14.6. The molecular weight excluding hydrogens is 380 g/mol. The molecule has 30 heavy (non-hydrogen) atoms. The van der Waals surface area contributed by atoms with Crippen LogP contribution in [0.5, 0.6) is 11.5 Å². The number of carboxylic acids is 1. The van der Waals surface area contributed by atoms with Crippen LogP contribution >= 0.6 is 0 Å². The number of H-pyrrole nitrogens is 1. The van der Waals surface area contributed by atoms with E-state index in [4.69, 9.17) is 4.74 Å². The molecule has 0 radical (unpaired) electrons. The minimum Gasteiger partial charge on any atom is -0.480 e. The van der Waals surface area contributed by atoms with Crippen molar-refractivity contribution in [2.75, 3.05) is 0 Å². The van der Waals surface area contributed by atoms with Gasteiger partial charge in [0.15, 0.2) is 0 Å². The Hall–Kier alpha value is -4.06. The Bertz CT molecular complexity index is 1180. The standard InChI is InChI=1S/C24H20N2O4/c27-23(19-11-5-7-13-22(19)30-17-8-2-1-3-9-17)26-21(24(28)29)14-16-15-25-20-12-6-4-10-18(16)20/h1-13,15,21,25H,14H2,(H,26,27)(H,28,29)/t21-/m0/s1.